The van der Waals surface area contributed by atoms with Crippen LogP contribution in [0.5, 0.6) is 0 Å². The molecule has 0 bridgehead atoms. The molecular formula is C14H20ClN3O. The van der Waals surface area contributed by atoms with Gasteiger partial charge in [-0.05, 0) is 38.6 Å². The van der Waals surface area contributed by atoms with Crippen molar-refractivity contribution in [1.29, 1.82) is 0 Å². The molecule has 2 rings (SSSR count). The monoisotopic (exact) mass is 281 g/mol. The van der Waals surface area contributed by atoms with Gasteiger partial charge in [-0.3, -0.25) is 4.79 Å². The lowest BCUT2D eigenvalue weighted by atomic mass is 10.1. The Labute approximate surface area is 119 Å². The number of likely N-dealkylation sites (tertiary alicyclic amines) is 1. The van der Waals surface area contributed by atoms with Crippen LogP contribution in [0.25, 0.3) is 0 Å². The Balaban J connectivity index is 2.08. The Morgan fingerprint density at radius 1 is 1.58 bits per heavy atom. The highest BCUT2D eigenvalue weighted by atomic mass is 35.5. The van der Waals surface area contributed by atoms with Gasteiger partial charge in [-0.15, -0.1) is 0 Å². The summed E-state index contributed by atoms with van der Waals surface area (Å²) in [5.41, 5.74) is 6.65. The second kappa shape index (κ2) is 5.80. The third kappa shape index (κ3) is 3.01. The number of nitrogens with two attached hydrogens (primary N) is 1. The van der Waals surface area contributed by atoms with E-state index < -0.39 is 0 Å². The molecule has 4 nitrogen and oxygen atoms in total. The van der Waals surface area contributed by atoms with Gasteiger partial charge in [0, 0.05) is 19.6 Å². The van der Waals surface area contributed by atoms with Gasteiger partial charge in [-0.1, -0.05) is 17.7 Å². The van der Waals surface area contributed by atoms with Crippen LogP contribution >= 0.6 is 11.6 Å². The van der Waals surface area contributed by atoms with Crippen LogP contribution in [0.4, 0.5) is 5.69 Å². The molecule has 0 aliphatic carbocycles. The summed E-state index contributed by atoms with van der Waals surface area (Å²) in [5.74, 6) is -0.0717. The molecule has 1 saturated heterocycles. The Morgan fingerprint density at radius 2 is 2.32 bits per heavy atom. The zero-order valence-electron chi connectivity index (χ0n) is 11.4. The van der Waals surface area contributed by atoms with Gasteiger partial charge in [0.15, 0.2) is 0 Å². The number of nitrogen functional groups attached to an aromatic ring is 1. The van der Waals surface area contributed by atoms with Gasteiger partial charge in [0.05, 0.1) is 16.3 Å². The van der Waals surface area contributed by atoms with Gasteiger partial charge in [0.2, 0.25) is 0 Å². The minimum absolute atomic E-state index is 0.0717. The molecule has 0 saturated carbocycles. The van der Waals surface area contributed by atoms with Gasteiger partial charge in [-0.2, -0.15) is 0 Å². The number of carbonyl (C=O) groups excluding carboxylic acids is 1. The van der Waals surface area contributed by atoms with Gasteiger partial charge in [0.25, 0.3) is 5.91 Å². The summed E-state index contributed by atoms with van der Waals surface area (Å²) in [7, 11) is 3.91. The molecule has 0 spiro atoms. The van der Waals surface area contributed by atoms with Crippen molar-refractivity contribution in [1.82, 2.24) is 9.80 Å². The quantitative estimate of drug-likeness (QED) is 0.863. The number of rotatable bonds is 3. The highest BCUT2D eigenvalue weighted by Gasteiger charge is 2.25. The standard InChI is InChI=1S/C14H20ClN3O/c1-17-8-4-5-10(17)9-18(2)14(19)11-6-3-7-12(16)13(11)15/h3,6-7,10H,4-5,8-9,16H2,1-2H3. The minimum Gasteiger partial charge on any atom is -0.398 e. The first-order chi connectivity index (χ1) is 9.00. The number of carbonyl (C=O) groups is 1. The van der Waals surface area contributed by atoms with E-state index in [1.54, 1.807) is 23.1 Å². The summed E-state index contributed by atoms with van der Waals surface area (Å²) in [6.07, 6.45) is 2.33. The first-order valence-corrected chi connectivity index (χ1v) is 6.88. The van der Waals surface area contributed by atoms with Crippen molar-refractivity contribution in [3.05, 3.63) is 28.8 Å². The number of benzene rings is 1. The third-order valence-corrected chi connectivity index (χ3v) is 4.18. The fourth-order valence-electron chi connectivity index (χ4n) is 2.53. The van der Waals surface area contributed by atoms with E-state index >= 15 is 0 Å². The Hall–Kier alpha value is -1.26. The molecule has 1 heterocycles. The second-order valence-corrected chi connectivity index (χ2v) is 5.55. The lowest BCUT2D eigenvalue weighted by Crippen LogP contribution is -2.39. The molecule has 1 aromatic carbocycles. The van der Waals surface area contributed by atoms with Crippen LogP contribution < -0.4 is 5.73 Å². The molecule has 1 aliphatic heterocycles. The van der Waals surface area contributed by atoms with E-state index in [2.05, 4.69) is 11.9 Å². The molecule has 0 radical (unpaired) electrons. The maximum atomic E-state index is 12.4. The molecule has 1 amide bonds. The number of likely N-dealkylation sites (N-methyl/N-ethyl adjacent to an activating group) is 2. The molecule has 1 fully saturated rings. The molecule has 1 unspecified atom stereocenters. The molecule has 0 aromatic heterocycles. The molecule has 2 N–H and O–H groups in total. The van der Waals surface area contributed by atoms with E-state index in [4.69, 9.17) is 17.3 Å². The summed E-state index contributed by atoms with van der Waals surface area (Å²) in [6, 6.07) is 5.61. The fourth-order valence-corrected chi connectivity index (χ4v) is 2.74. The van der Waals surface area contributed by atoms with Crippen molar-refractivity contribution >= 4 is 23.2 Å². The van der Waals surface area contributed by atoms with E-state index in [0.717, 1.165) is 19.5 Å². The van der Waals surface area contributed by atoms with Crippen LogP contribution in [0.1, 0.15) is 23.2 Å². The third-order valence-electron chi connectivity index (χ3n) is 3.76. The Bertz CT molecular complexity index is 478. The molecular weight excluding hydrogens is 262 g/mol. The summed E-state index contributed by atoms with van der Waals surface area (Å²) in [6.45, 7) is 1.83. The van der Waals surface area contributed by atoms with Crippen molar-refractivity contribution in [2.24, 2.45) is 0 Å². The average molecular weight is 282 g/mol. The van der Waals surface area contributed by atoms with Crippen molar-refractivity contribution in [2.45, 2.75) is 18.9 Å². The highest BCUT2D eigenvalue weighted by molar-refractivity contribution is 6.36. The van der Waals surface area contributed by atoms with E-state index in [1.165, 1.54) is 6.42 Å². The predicted octanol–water partition coefficient (Wildman–Crippen LogP) is 2.09. The van der Waals surface area contributed by atoms with E-state index in [0.29, 0.717) is 22.3 Å². The van der Waals surface area contributed by atoms with Crippen molar-refractivity contribution < 1.29 is 4.79 Å². The first kappa shape index (κ1) is 14.2. The van der Waals surface area contributed by atoms with E-state index in [1.807, 2.05) is 7.05 Å². The number of amides is 1. The van der Waals surface area contributed by atoms with Crippen molar-refractivity contribution in [2.75, 3.05) is 32.9 Å². The average Bonchev–Trinajstić information content (AvgIpc) is 2.77. The van der Waals surface area contributed by atoms with E-state index in [-0.39, 0.29) is 5.91 Å². The van der Waals surface area contributed by atoms with E-state index in [9.17, 15) is 4.79 Å². The number of halogens is 1. The lowest BCUT2D eigenvalue weighted by molar-refractivity contribution is 0.0762. The molecule has 1 aliphatic rings. The number of hydrogen-bond donors (Lipinski definition) is 1. The Kier molecular flexibility index (Phi) is 4.32. The normalized spacial score (nSPS) is 19.6. The zero-order valence-corrected chi connectivity index (χ0v) is 12.2. The largest absolute Gasteiger partial charge is 0.398 e. The molecule has 1 aromatic rings. The molecule has 1 atom stereocenters. The van der Waals surface area contributed by atoms with Gasteiger partial charge < -0.3 is 15.5 Å². The predicted molar refractivity (Wildman–Crippen MR) is 78.5 cm³/mol. The molecule has 104 valence electrons. The first-order valence-electron chi connectivity index (χ1n) is 6.50. The lowest BCUT2D eigenvalue weighted by Gasteiger charge is -2.26. The van der Waals surface area contributed by atoms with Gasteiger partial charge >= 0.3 is 0 Å². The summed E-state index contributed by atoms with van der Waals surface area (Å²) >= 11 is 6.09. The van der Waals surface area contributed by atoms with Crippen LogP contribution in [0.3, 0.4) is 0 Å². The molecule has 5 heteroatoms. The van der Waals surface area contributed by atoms with Crippen molar-refractivity contribution in [3.8, 4) is 0 Å². The summed E-state index contributed by atoms with van der Waals surface area (Å²) in [5, 5.41) is 0.346. The summed E-state index contributed by atoms with van der Waals surface area (Å²) < 4.78 is 0. The van der Waals surface area contributed by atoms with Crippen LogP contribution in [-0.2, 0) is 0 Å². The maximum Gasteiger partial charge on any atom is 0.255 e. The maximum absolute atomic E-state index is 12.4. The topological polar surface area (TPSA) is 49.6 Å². The van der Waals surface area contributed by atoms with Crippen molar-refractivity contribution in [3.63, 3.8) is 0 Å². The van der Waals surface area contributed by atoms with Crippen LogP contribution in [0, 0.1) is 0 Å². The minimum atomic E-state index is -0.0717. The smallest absolute Gasteiger partial charge is 0.255 e. The summed E-state index contributed by atoms with van der Waals surface area (Å²) in [4.78, 5) is 16.4. The Morgan fingerprint density at radius 3 is 2.95 bits per heavy atom. The number of hydrogen-bond acceptors (Lipinski definition) is 3. The fraction of sp³-hybridized carbons (Fsp3) is 0.500. The highest BCUT2D eigenvalue weighted by Crippen LogP contribution is 2.24. The second-order valence-electron chi connectivity index (χ2n) is 5.17. The number of nitrogens with zero attached hydrogens (tertiary/aromatic N) is 2. The van der Waals surface area contributed by atoms with Gasteiger partial charge in [0.1, 0.15) is 0 Å². The van der Waals surface area contributed by atoms with Gasteiger partial charge in [-0.25, -0.2) is 0 Å². The zero-order chi connectivity index (χ0) is 14.0. The number of anilines is 1. The SMILES string of the molecule is CN(CC1CCCN1C)C(=O)c1cccc(N)c1Cl. The van der Waals surface area contributed by atoms with Crippen LogP contribution in [-0.4, -0.2) is 48.9 Å². The van der Waals surface area contributed by atoms with Crippen LogP contribution in [0.2, 0.25) is 5.02 Å². The molecule has 19 heavy (non-hydrogen) atoms. The van der Waals surface area contributed by atoms with Crippen LogP contribution in [0.15, 0.2) is 18.2 Å².